The summed E-state index contributed by atoms with van der Waals surface area (Å²) in [6, 6.07) is 6.47. The van der Waals surface area contributed by atoms with Crippen molar-refractivity contribution < 1.29 is 4.74 Å². The summed E-state index contributed by atoms with van der Waals surface area (Å²) >= 11 is 3.63. The van der Waals surface area contributed by atoms with Crippen LogP contribution in [0.5, 0.6) is 5.75 Å². The van der Waals surface area contributed by atoms with E-state index in [0.717, 1.165) is 53.1 Å². The van der Waals surface area contributed by atoms with E-state index in [-0.39, 0.29) is 12.1 Å². The van der Waals surface area contributed by atoms with Gasteiger partial charge in [-0.25, -0.2) is 0 Å². The van der Waals surface area contributed by atoms with Crippen LogP contribution < -0.4 is 10.5 Å². The molecule has 0 amide bonds. The first-order valence-corrected chi connectivity index (χ1v) is 9.29. The summed E-state index contributed by atoms with van der Waals surface area (Å²) < 4.78 is 7.30. The molecule has 4 heteroatoms. The third kappa shape index (κ3) is 3.38. The molecule has 0 bridgehead atoms. The van der Waals surface area contributed by atoms with Crippen molar-refractivity contribution in [3.63, 3.8) is 0 Å². The van der Waals surface area contributed by atoms with E-state index in [1.165, 1.54) is 0 Å². The van der Waals surface area contributed by atoms with Crippen LogP contribution in [0.15, 0.2) is 35.1 Å². The van der Waals surface area contributed by atoms with E-state index < -0.39 is 0 Å². The number of fused-ring (bicyclic) bond motifs is 1. The molecule has 1 unspecified atom stereocenters. The second-order valence-corrected chi connectivity index (χ2v) is 7.68. The van der Waals surface area contributed by atoms with Crippen LogP contribution in [0.1, 0.15) is 46.0 Å². The highest BCUT2D eigenvalue weighted by atomic mass is 79.9. The summed E-state index contributed by atoms with van der Waals surface area (Å²) in [5.41, 5.74) is 6.54. The Hall–Kier alpha value is -1.13. The maximum Gasteiger partial charge on any atom is 0.134 e. The van der Waals surface area contributed by atoms with E-state index in [9.17, 15) is 0 Å². The molecule has 1 aliphatic carbocycles. The zero-order valence-corrected chi connectivity index (χ0v) is 15.5. The van der Waals surface area contributed by atoms with Crippen molar-refractivity contribution in [2.75, 3.05) is 0 Å². The lowest BCUT2D eigenvalue weighted by Gasteiger charge is -2.42. The summed E-state index contributed by atoms with van der Waals surface area (Å²) in [4.78, 5) is 4.17. The molecule has 1 aliphatic rings. The Labute approximate surface area is 146 Å². The van der Waals surface area contributed by atoms with Gasteiger partial charge in [-0.2, -0.15) is 0 Å². The van der Waals surface area contributed by atoms with Crippen molar-refractivity contribution in [3.05, 3.63) is 35.1 Å². The zero-order chi connectivity index (χ0) is 16.4. The summed E-state index contributed by atoms with van der Waals surface area (Å²) in [6.45, 7) is 4.41. The monoisotopic (exact) mass is 376 g/mol. The van der Waals surface area contributed by atoms with Gasteiger partial charge in [0.15, 0.2) is 0 Å². The fraction of sp³-hybridized carbons (Fsp3) is 0.526. The fourth-order valence-corrected chi connectivity index (χ4v) is 4.23. The predicted molar refractivity (Wildman–Crippen MR) is 98.7 cm³/mol. The molecule has 1 atom stereocenters. The Bertz CT molecular complexity index is 678. The molecule has 0 spiro atoms. The lowest BCUT2D eigenvalue weighted by Crippen LogP contribution is -2.43. The van der Waals surface area contributed by atoms with Gasteiger partial charge in [-0.1, -0.05) is 6.92 Å². The van der Waals surface area contributed by atoms with Crippen LogP contribution in [0.2, 0.25) is 0 Å². The molecular formula is C19H25BrN2O. The SMILES string of the molecule is CCC1(C(C)N)CCC(Oc2cc3ccncc3cc2Br)CC1. The van der Waals surface area contributed by atoms with Gasteiger partial charge >= 0.3 is 0 Å². The molecule has 1 fully saturated rings. The number of nitrogens with two attached hydrogens (primary N) is 1. The minimum atomic E-state index is 0.258. The maximum atomic E-state index is 6.30. The molecule has 23 heavy (non-hydrogen) atoms. The molecule has 0 saturated heterocycles. The Kier molecular flexibility index (Phi) is 4.93. The molecule has 0 aliphatic heterocycles. The minimum absolute atomic E-state index is 0.258. The lowest BCUT2D eigenvalue weighted by molar-refractivity contribution is 0.0615. The minimum Gasteiger partial charge on any atom is -0.489 e. The van der Waals surface area contributed by atoms with Crippen LogP contribution in [0.25, 0.3) is 10.8 Å². The molecule has 0 radical (unpaired) electrons. The van der Waals surface area contributed by atoms with Gasteiger partial charge in [0.05, 0.1) is 10.6 Å². The first-order valence-electron chi connectivity index (χ1n) is 8.49. The maximum absolute atomic E-state index is 6.30. The topological polar surface area (TPSA) is 48.1 Å². The third-order valence-electron chi connectivity index (χ3n) is 5.58. The van der Waals surface area contributed by atoms with Gasteiger partial charge in [0.1, 0.15) is 5.75 Å². The number of rotatable bonds is 4. The second-order valence-electron chi connectivity index (χ2n) is 6.83. The Balaban J connectivity index is 1.73. The van der Waals surface area contributed by atoms with E-state index in [1.807, 2.05) is 18.5 Å². The lowest BCUT2D eigenvalue weighted by atomic mass is 9.67. The Morgan fingerprint density at radius 2 is 2.09 bits per heavy atom. The molecule has 1 heterocycles. The molecule has 124 valence electrons. The van der Waals surface area contributed by atoms with Gasteiger partial charge in [-0.15, -0.1) is 0 Å². The molecule has 2 aromatic rings. The summed E-state index contributed by atoms with van der Waals surface area (Å²) in [7, 11) is 0. The van der Waals surface area contributed by atoms with Gasteiger partial charge < -0.3 is 10.5 Å². The highest BCUT2D eigenvalue weighted by molar-refractivity contribution is 9.10. The summed E-state index contributed by atoms with van der Waals surface area (Å²) in [6.07, 6.45) is 9.60. The van der Waals surface area contributed by atoms with Crippen molar-refractivity contribution in [3.8, 4) is 5.75 Å². The van der Waals surface area contributed by atoms with Crippen LogP contribution in [0.3, 0.4) is 0 Å². The number of nitrogens with zero attached hydrogens (tertiary/aromatic N) is 1. The number of halogens is 1. The van der Waals surface area contributed by atoms with E-state index in [0.29, 0.717) is 5.41 Å². The van der Waals surface area contributed by atoms with Gasteiger partial charge in [0.25, 0.3) is 0 Å². The third-order valence-corrected chi connectivity index (χ3v) is 6.20. The number of hydrogen-bond donors (Lipinski definition) is 1. The smallest absolute Gasteiger partial charge is 0.134 e. The molecule has 1 saturated carbocycles. The average molecular weight is 377 g/mol. The van der Waals surface area contributed by atoms with Gasteiger partial charge in [-0.3, -0.25) is 4.98 Å². The van der Waals surface area contributed by atoms with Crippen molar-refractivity contribution in [2.45, 2.75) is 58.1 Å². The van der Waals surface area contributed by atoms with Crippen LogP contribution in [0.4, 0.5) is 0 Å². The summed E-state index contributed by atoms with van der Waals surface area (Å²) in [5, 5.41) is 2.28. The number of aromatic nitrogens is 1. The Morgan fingerprint density at radius 1 is 1.35 bits per heavy atom. The largest absolute Gasteiger partial charge is 0.489 e. The molecule has 2 N–H and O–H groups in total. The zero-order valence-electron chi connectivity index (χ0n) is 13.9. The highest BCUT2D eigenvalue weighted by Gasteiger charge is 2.37. The normalized spacial score (nSPS) is 26.2. The van der Waals surface area contributed by atoms with Crippen molar-refractivity contribution in [1.82, 2.24) is 4.98 Å². The van der Waals surface area contributed by atoms with Gasteiger partial charge in [-0.05, 0) is 84.0 Å². The van der Waals surface area contributed by atoms with Crippen LogP contribution >= 0.6 is 15.9 Å². The van der Waals surface area contributed by atoms with Crippen molar-refractivity contribution in [1.29, 1.82) is 0 Å². The Morgan fingerprint density at radius 3 is 2.74 bits per heavy atom. The second kappa shape index (κ2) is 6.78. The van der Waals surface area contributed by atoms with Gasteiger partial charge in [0.2, 0.25) is 0 Å². The van der Waals surface area contributed by atoms with Crippen LogP contribution in [-0.2, 0) is 0 Å². The molecule has 3 nitrogen and oxygen atoms in total. The molecular weight excluding hydrogens is 352 g/mol. The number of pyridine rings is 1. The highest BCUT2D eigenvalue weighted by Crippen LogP contribution is 2.43. The van der Waals surface area contributed by atoms with E-state index in [4.69, 9.17) is 10.5 Å². The van der Waals surface area contributed by atoms with Crippen LogP contribution in [-0.4, -0.2) is 17.1 Å². The van der Waals surface area contributed by atoms with E-state index in [1.54, 1.807) is 0 Å². The van der Waals surface area contributed by atoms with Gasteiger partial charge in [0, 0.05) is 23.8 Å². The first kappa shape index (κ1) is 16.7. The van der Waals surface area contributed by atoms with Crippen molar-refractivity contribution in [2.24, 2.45) is 11.1 Å². The summed E-state index contributed by atoms with van der Waals surface area (Å²) in [5.74, 6) is 0.929. The van der Waals surface area contributed by atoms with Crippen molar-refractivity contribution >= 4 is 26.7 Å². The quantitative estimate of drug-likeness (QED) is 0.810. The molecule has 1 aromatic carbocycles. The fourth-order valence-electron chi connectivity index (χ4n) is 3.77. The number of hydrogen-bond acceptors (Lipinski definition) is 3. The van der Waals surface area contributed by atoms with E-state index >= 15 is 0 Å². The predicted octanol–water partition coefficient (Wildman–Crippen LogP) is 5.06. The molecule has 1 aromatic heterocycles. The average Bonchev–Trinajstić information content (AvgIpc) is 2.56. The number of ether oxygens (including phenoxy) is 1. The molecule has 3 rings (SSSR count). The first-order chi connectivity index (χ1) is 11.0. The standard InChI is InChI=1S/C19H25BrN2O/c1-3-19(13(2)21)7-4-16(5-8-19)23-18-11-14-6-9-22-12-15(14)10-17(18)20/h6,9-13,16H,3-5,7-8,21H2,1-2H3. The van der Waals surface area contributed by atoms with E-state index in [2.05, 4.69) is 46.9 Å². The van der Waals surface area contributed by atoms with Crippen LogP contribution in [0, 0.1) is 5.41 Å². The number of benzene rings is 1.